The Kier molecular flexibility index (Phi) is 13.7. The van der Waals surface area contributed by atoms with Gasteiger partial charge < -0.3 is 26.2 Å². The Morgan fingerprint density at radius 3 is 2.20 bits per heavy atom. The number of carbonyl (C=O) groups is 6. The summed E-state index contributed by atoms with van der Waals surface area (Å²) in [6.45, 7) is 9.95. The lowest BCUT2D eigenvalue weighted by Crippen LogP contribution is -2.61. The van der Waals surface area contributed by atoms with Crippen LogP contribution >= 0.6 is 0 Å². The first kappa shape index (κ1) is 37.9. The van der Waals surface area contributed by atoms with Gasteiger partial charge >= 0.3 is 0 Å². The molecule has 2 aliphatic carbocycles. The standard InChI is InChI=1S/C36H55N7O6/c1-6-11-26(31(44)35(48)39-24-14-15-24)40-34(47)30-25(22(5)7-2)16-19-43(30)36(49)28(21(3)4)41-33(46)29(23-12-9-8-10-13-23)42-32(45)27-20-37-17-18-38-27/h17-18,20-26,28-30H,6-16,19H2,1-5H3,(H,39,48)(H,40,47)(H,41,46)(H,42,45)/t22?,25-,26?,28+,29+,30+/m1/s1. The molecule has 3 aliphatic rings. The van der Waals surface area contributed by atoms with Crippen molar-refractivity contribution >= 4 is 35.3 Å². The highest BCUT2D eigenvalue weighted by Gasteiger charge is 2.47. The zero-order valence-corrected chi connectivity index (χ0v) is 29.7. The van der Waals surface area contributed by atoms with E-state index in [1.807, 2.05) is 34.6 Å². The van der Waals surface area contributed by atoms with Gasteiger partial charge in [-0.2, -0.15) is 0 Å². The minimum Gasteiger partial charge on any atom is -0.347 e. The number of aromatic nitrogens is 2. The highest BCUT2D eigenvalue weighted by atomic mass is 16.2. The number of hydrogen-bond acceptors (Lipinski definition) is 8. The summed E-state index contributed by atoms with van der Waals surface area (Å²) < 4.78 is 0. The van der Waals surface area contributed by atoms with Crippen molar-refractivity contribution in [3.05, 3.63) is 24.3 Å². The molecule has 49 heavy (non-hydrogen) atoms. The monoisotopic (exact) mass is 681 g/mol. The van der Waals surface area contributed by atoms with Crippen LogP contribution in [0.25, 0.3) is 0 Å². The largest absolute Gasteiger partial charge is 0.347 e. The predicted octanol–water partition coefficient (Wildman–Crippen LogP) is 2.69. The van der Waals surface area contributed by atoms with Crippen LogP contribution in [0, 0.1) is 23.7 Å². The summed E-state index contributed by atoms with van der Waals surface area (Å²) in [5.74, 6) is -3.69. The van der Waals surface area contributed by atoms with Crippen molar-refractivity contribution in [2.75, 3.05) is 6.54 Å². The average molecular weight is 682 g/mol. The number of rotatable bonds is 16. The summed E-state index contributed by atoms with van der Waals surface area (Å²) in [5.41, 5.74) is 0.0967. The normalized spacial score (nSPS) is 22.0. The number of nitrogens with one attached hydrogen (secondary N) is 4. The van der Waals surface area contributed by atoms with Gasteiger partial charge in [-0.3, -0.25) is 33.8 Å². The zero-order valence-electron chi connectivity index (χ0n) is 29.7. The van der Waals surface area contributed by atoms with Crippen LogP contribution in [0.15, 0.2) is 18.6 Å². The van der Waals surface area contributed by atoms with E-state index in [0.717, 1.165) is 51.4 Å². The summed E-state index contributed by atoms with van der Waals surface area (Å²) in [5, 5.41) is 11.4. The molecule has 1 aliphatic heterocycles. The first-order chi connectivity index (χ1) is 23.5. The van der Waals surface area contributed by atoms with E-state index in [4.69, 9.17) is 0 Å². The smallest absolute Gasteiger partial charge is 0.289 e. The van der Waals surface area contributed by atoms with Gasteiger partial charge in [-0.05, 0) is 62.2 Å². The number of likely N-dealkylation sites (tertiary alicyclic amines) is 1. The number of Topliss-reactive ketones (excluding diaryl/α,β-unsaturated/α-hetero) is 1. The van der Waals surface area contributed by atoms with Crippen molar-refractivity contribution in [1.82, 2.24) is 36.1 Å². The van der Waals surface area contributed by atoms with Crippen molar-refractivity contribution in [1.29, 1.82) is 0 Å². The molecule has 4 rings (SSSR count). The van der Waals surface area contributed by atoms with Gasteiger partial charge in [0.2, 0.25) is 23.5 Å². The maximum Gasteiger partial charge on any atom is 0.289 e. The summed E-state index contributed by atoms with van der Waals surface area (Å²) in [4.78, 5) is 91.0. The van der Waals surface area contributed by atoms with Gasteiger partial charge in [0, 0.05) is 25.0 Å². The molecule has 4 N–H and O–H groups in total. The van der Waals surface area contributed by atoms with Crippen LogP contribution in [-0.4, -0.2) is 86.9 Å². The molecule has 2 heterocycles. The molecule has 2 unspecified atom stereocenters. The van der Waals surface area contributed by atoms with Gasteiger partial charge in [-0.25, -0.2) is 4.98 Å². The molecule has 0 aromatic carbocycles. The Morgan fingerprint density at radius 2 is 1.61 bits per heavy atom. The Labute approximate surface area is 289 Å². The quantitative estimate of drug-likeness (QED) is 0.192. The van der Waals surface area contributed by atoms with Gasteiger partial charge in [0.15, 0.2) is 0 Å². The van der Waals surface area contributed by atoms with Crippen LogP contribution in [-0.2, 0) is 24.0 Å². The second kappa shape index (κ2) is 17.7. The van der Waals surface area contributed by atoms with Gasteiger partial charge in [-0.15, -0.1) is 0 Å². The molecule has 0 bridgehead atoms. The molecule has 2 saturated carbocycles. The van der Waals surface area contributed by atoms with Gasteiger partial charge in [-0.1, -0.05) is 66.7 Å². The lowest BCUT2D eigenvalue weighted by molar-refractivity contribution is -0.145. The Morgan fingerprint density at radius 1 is 0.898 bits per heavy atom. The first-order valence-electron chi connectivity index (χ1n) is 18.3. The van der Waals surface area contributed by atoms with E-state index in [1.54, 1.807) is 4.90 Å². The van der Waals surface area contributed by atoms with Crippen LogP contribution < -0.4 is 21.3 Å². The van der Waals surface area contributed by atoms with Crippen molar-refractivity contribution in [2.45, 2.75) is 135 Å². The maximum atomic E-state index is 14.4. The molecule has 6 atom stereocenters. The lowest BCUT2D eigenvalue weighted by atomic mass is 9.83. The number of nitrogens with zero attached hydrogens (tertiary/aromatic N) is 3. The third kappa shape index (κ3) is 9.85. The van der Waals surface area contributed by atoms with E-state index in [2.05, 4.69) is 31.2 Å². The highest BCUT2D eigenvalue weighted by Crippen LogP contribution is 2.34. The summed E-state index contributed by atoms with van der Waals surface area (Å²) in [7, 11) is 0. The summed E-state index contributed by atoms with van der Waals surface area (Å²) in [6, 6.07) is -3.70. The summed E-state index contributed by atoms with van der Waals surface area (Å²) >= 11 is 0. The first-order valence-corrected chi connectivity index (χ1v) is 18.3. The fourth-order valence-electron chi connectivity index (χ4n) is 7.19. The molecule has 3 fully saturated rings. The van der Waals surface area contributed by atoms with E-state index in [1.165, 1.54) is 18.6 Å². The number of carbonyl (C=O) groups excluding carboxylic acids is 6. The van der Waals surface area contributed by atoms with Crippen molar-refractivity contribution < 1.29 is 28.8 Å². The molecule has 1 aromatic heterocycles. The molecular formula is C36H55N7O6. The van der Waals surface area contributed by atoms with Crippen molar-refractivity contribution in [3.63, 3.8) is 0 Å². The van der Waals surface area contributed by atoms with Crippen molar-refractivity contribution in [3.8, 4) is 0 Å². The topological polar surface area (TPSA) is 180 Å². The van der Waals surface area contributed by atoms with Gasteiger partial charge in [0.1, 0.15) is 23.8 Å². The number of amides is 5. The van der Waals surface area contributed by atoms with Crippen LogP contribution in [0.2, 0.25) is 0 Å². The molecular weight excluding hydrogens is 626 g/mol. The Bertz CT molecular complexity index is 1330. The molecule has 270 valence electrons. The maximum absolute atomic E-state index is 14.4. The van der Waals surface area contributed by atoms with E-state index >= 15 is 0 Å². The van der Waals surface area contributed by atoms with E-state index in [0.29, 0.717) is 25.8 Å². The van der Waals surface area contributed by atoms with Gasteiger partial charge in [0.05, 0.1) is 12.2 Å². The second-order valence-electron chi connectivity index (χ2n) is 14.4. The van der Waals surface area contributed by atoms with Crippen LogP contribution in [0.1, 0.15) is 116 Å². The van der Waals surface area contributed by atoms with Crippen LogP contribution in [0.5, 0.6) is 0 Å². The Balaban J connectivity index is 1.55. The zero-order chi connectivity index (χ0) is 35.7. The third-order valence-electron chi connectivity index (χ3n) is 10.4. The van der Waals surface area contributed by atoms with Gasteiger partial charge in [0.25, 0.3) is 11.8 Å². The van der Waals surface area contributed by atoms with E-state index in [9.17, 15) is 28.8 Å². The minimum absolute atomic E-state index is 0.00776. The minimum atomic E-state index is -0.999. The molecule has 0 radical (unpaired) electrons. The fraction of sp³-hybridized carbons (Fsp3) is 0.722. The lowest BCUT2D eigenvalue weighted by Gasteiger charge is -2.35. The van der Waals surface area contributed by atoms with Crippen LogP contribution in [0.4, 0.5) is 0 Å². The molecule has 13 heteroatoms. The van der Waals surface area contributed by atoms with Crippen LogP contribution in [0.3, 0.4) is 0 Å². The fourth-order valence-corrected chi connectivity index (χ4v) is 7.19. The number of ketones is 1. The third-order valence-corrected chi connectivity index (χ3v) is 10.4. The van der Waals surface area contributed by atoms with E-state index in [-0.39, 0.29) is 41.3 Å². The SMILES string of the molecule is CCCC(NC(=O)[C@@H]1[C@@H](C(C)CC)CCN1C(=O)[C@@H](NC(=O)[C@@H](NC(=O)c1cnccn1)C1CCCCC1)C(C)C)C(=O)C(=O)NC1CC1. The molecule has 13 nitrogen and oxygen atoms in total. The molecule has 1 aromatic rings. The second-order valence-corrected chi connectivity index (χ2v) is 14.4. The highest BCUT2D eigenvalue weighted by molar-refractivity contribution is 6.38. The summed E-state index contributed by atoms with van der Waals surface area (Å²) in [6.07, 6.45) is 12.6. The number of hydrogen-bond donors (Lipinski definition) is 4. The Hall–Kier alpha value is -3.90. The van der Waals surface area contributed by atoms with Crippen molar-refractivity contribution in [2.24, 2.45) is 23.7 Å². The van der Waals surface area contributed by atoms with E-state index < -0.39 is 53.6 Å². The molecule has 1 saturated heterocycles. The predicted molar refractivity (Wildman–Crippen MR) is 183 cm³/mol. The average Bonchev–Trinajstić information content (AvgIpc) is 3.81. The molecule has 0 spiro atoms. The molecule has 5 amide bonds.